The fourth-order valence-corrected chi connectivity index (χ4v) is 1.53. The number of benzene rings is 1. The van der Waals surface area contributed by atoms with E-state index in [9.17, 15) is 9.18 Å². The van der Waals surface area contributed by atoms with E-state index in [-0.39, 0.29) is 18.1 Å². The number of amidine groups is 1. The molecule has 0 saturated carbocycles. The largest absolute Gasteiger partial charge is 0.329 e. The summed E-state index contributed by atoms with van der Waals surface area (Å²) >= 11 is 0. The van der Waals surface area contributed by atoms with Crippen LogP contribution < -0.4 is 0 Å². The second kappa shape index (κ2) is 4.26. The average molecular weight is 218 g/mol. The summed E-state index contributed by atoms with van der Waals surface area (Å²) in [5, 5.41) is 7.55. The first-order valence-electron chi connectivity index (χ1n) is 4.96. The highest BCUT2D eigenvalue weighted by Gasteiger charge is 2.15. The monoisotopic (exact) mass is 218 g/mol. The lowest BCUT2D eigenvalue weighted by Gasteiger charge is -2.14. The number of halogens is 1. The summed E-state index contributed by atoms with van der Waals surface area (Å²) in [5.74, 6) is -0.0582. The number of nitrogens with zero attached hydrogens (tertiary/aromatic N) is 1. The van der Waals surface area contributed by atoms with Crippen molar-refractivity contribution in [2.75, 3.05) is 6.54 Å². The molecule has 1 aliphatic rings. The molecule has 0 radical (unpaired) electrons. The highest BCUT2D eigenvalue weighted by molar-refractivity contribution is 6.00. The molecule has 16 heavy (non-hydrogen) atoms. The lowest BCUT2D eigenvalue weighted by Crippen LogP contribution is -2.27. The second-order valence-corrected chi connectivity index (χ2v) is 3.59. The van der Waals surface area contributed by atoms with Gasteiger partial charge in [0.15, 0.2) is 5.78 Å². The summed E-state index contributed by atoms with van der Waals surface area (Å²) in [4.78, 5) is 13.4. The van der Waals surface area contributed by atoms with Crippen molar-refractivity contribution in [3.63, 3.8) is 0 Å². The first-order chi connectivity index (χ1) is 7.66. The number of hydrogen-bond donors (Lipinski definition) is 1. The number of ketones is 1. The molecule has 0 aromatic heterocycles. The Morgan fingerprint density at radius 3 is 2.62 bits per heavy atom. The van der Waals surface area contributed by atoms with Gasteiger partial charge < -0.3 is 4.90 Å². The minimum absolute atomic E-state index is 0.115. The van der Waals surface area contributed by atoms with Crippen molar-refractivity contribution in [2.45, 2.75) is 6.42 Å². The molecule has 1 aromatic carbocycles. The van der Waals surface area contributed by atoms with Crippen LogP contribution in [0.1, 0.15) is 16.8 Å². The van der Waals surface area contributed by atoms with E-state index in [0.29, 0.717) is 17.8 Å². The lowest BCUT2D eigenvalue weighted by molar-refractivity contribution is 0.0975. The molecule has 0 spiro atoms. The van der Waals surface area contributed by atoms with E-state index in [1.54, 1.807) is 11.1 Å². The number of nitrogens with one attached hydrogen (secondary N) is 1. The summed E-state index contributed by atoms with van der Waals surface area (Å²) in [7, 11) is 0. The SMILES string of the molecule is N=C1CC=CN1CC(=O)c1ccc(F)cc1. The molecule has 0 bridgehead atoms. The molecule has 0 amide bonds. The van der Waals surface area contributed by atoms with Gasteiger partial charge in [-0.1, -0.05) is 6.08 Å². The van der Waals surface area contributed by atoms with Crippen molar-refractivity contribution in [3.05, 3.63) is 47.9 Å². The van der Waals surface area contributed by atoms with Crippen LogP contribution >= 0.6 is 0 Å². The molecule has 0 unspecified atom stereocenters. The first kappa shape index (κ1) is 10.5. The van der Waals surface area contributed by atoms with Crippen LogP contribution in [0.25, 0.3) is 0 Å². The molecule has 0 atom stereocenters. The van der Waals surface area contributed by atoms with Crippen molar-refractivity contribution in [1.29, 1.82) is 5.41 Å². The summed E-state index contributed by atoms with van der Waals surface area (Å²) < 4.78 is 12.7. The molecular formula is C12H11FN2O. The standard InChI is InChI=1S/C12H11FN2O/c13-10-5-3-9(4-6-10)11(16)8-15-7-1-2-12(15)14/h1,3-7,14H,2,8H2. The maximum atomic E-state index is 12.7. The lowest BCUT2D eigenvalue weighted by atomic mass is 10.1. The topological polar surface area (TPSA) is 44.2 Å². The Bertz CT molecular complexity index is 451. The van der Waals surface area contributed by atoms with Crippen molar-refractivity contribution in [2.24, 2.45) is 0 Å². The van der Waals surface area contributed by atoms with Crippen molar-refractivity contribution in [1.82, 2.24) is 4.90 Å². The minimum Gasteiger partial charge on any atom is -0.329 e. The Morgan fingerprint density at radius 2 is 2.06 bits per heavy atom. The van der Waals surface area contributed by atoms with Gasteiger partial charge in [-0.2, -0.15) is 0 Å². The molecule has 1 heterocycles. The fourth-order valence-electron chi connectivity index (χ4n) is 1.53. The Hall–Kier alpha value is -1.97. The van der Waals surface area contributed by atoms with Crippen LogP contribution in [0.4, 0.5) is 4.39 Å². The number of rotatable bonds is 3. The molecule has 0 fully saturated rings. The molecule has 3 nitrogen and oxygen atoms in total. The summed E-state index contributed by atoms with van der Waals surface area (Å²) in [6, 6.07) is 5.44. The molecule has 1 N–H and O–H groups in total. The van der Waals surface area contributed by atoms with E-state index in [1.807, 2.05) is 6.08 Å². The number of carbonyl (C=O) groups excluding carboxylic acids is 1. The van der Waals surface area contributed by atoms with Gasteiger partial charge in [0.1, 0.15) is 11.7 Å². The zero-order chi connectivity index (χ0) is 11.5. The van der Waals surface area contributed by atoms with E-state index >= 15 is 0 Å². The number of Topliss-reactive ketones (excluding diaryl/α,β-unsaturated/α-hetero) is 1. The van der Waals surface area contributed by atoms with Crippen LogP contribution in [0.2, 0.25) is 0 Å². The summed E-state index contributed by atoms with van der Waals surface area (Å²) in [6.07, 6.45) is 4.13. The van der Waals surface area contributed by atoms with Gasteiger partial charge in [0, 0.05) is 18.2 Å². The molecule has 1 aliphatic heterocycles. The van der Waals surface area contributed by atoms with Crippen molar-refractivity contribution < 1.29 is 9.18 Å². The van der Waals surface area contributed by atoms with E-state index < -0.39 is 0 Å². The average Bonchev–Trinajstić information content (AvgIpc) is 2.65. The van der Waals surface area contributed by atoms with Crippen LogP contribution in [0.5, 0.6) is 0 Å². The van der Waals surface area contributed by atoms with Gasteiger partial charge in [-0.25, -0.2) is 4.39 Å². The van der Waals surface area contributed by atoms with Crippen LogP contribution in [0.3, 0.4) is 0 Å². The summed E-state index contributed by atoms with van der Waals surface area (Å²) in [5.41, 5.74) is 0.467. The Balaban J connectivity index is 2.05. The zero-order valence-corrected chi connectivity index (χ0v) is 8.61. The molecule has 82 valence electrons. The van der Waals surface area contributed by atoms with E-state index in [0.717, 1.165) is 0 Å². The molecule has 0 saturated heterocycles. The fraction of sp³-hybridized carbons (Fsp3) is 0.167. The molecule has 1 aromatic rings. The minimum atomic E-state index is -0.356. The zero-order valence-electron chi connectivity index (χ0n) is 8.61. The smallest absolute Gasteiger partial charge is 0.182 e. The summed E-state index contributed by atoms with van der Waals surface area (Å²) in [6.45, 7) is 0.140. The van der Waals surface area contributed by atoms with Gasteiger partial charge in [0.25, 0.3) is 0 Å². The van der Waals surface area contributed by atoms with Gasteiger partial charge in [-0.15, -0.1) is 0 Å². The van der Waals surface area contributed by atoms with E-state index in [4.69, 9.17) is 5.41 Å². The molecule has 2 rings (SSSR count). The quantitative estimate of drug-likeness (QED) is 0.790. The van der Waals surface area contributed by atoms with Gasteiger partial charge >= 0.3 is 0 Å². The third kappa shape index (κ3) is 2.16. The number of carbonyl (C=O) groups is 1. The van der Waals surface area contributed by atoms with Gasteiger partial charge in [0.2, 0.25) is 0 Å². The predicted octanol–water partition coefficient (Wildman–Crippen LogP) is 2.21. The highest BCUT2D eigenvalue weighted by Crippen LogP contribution is 2.09. The van der Waals surface area contributed by atoms with E-state index in [1.165, 1.54) is 24.3 Å². The Labute approximate surface area is 92.7 Å². The van der Waals surface area contributed by atoms with Gasteiger partial charge in [-0.3, -0.25) is 10.2 Å². The molecular weight excluding hydrogens is 207 g/mol. The van der Waals surface area contributed by atoms with Crippen molar-refractivity contribution in [3.8, 4) is 0 Å². The Morgan fingerprint density at radius 1 is 1.38 bits per heavy atom. The second-order valence-electron chi connectivity index (χ2n) is 3.59. The van der Waals surface area contributed by atoms with Crippen LogP contribution in [0, 0.1) is 11.2 Å². The van der Waals surface area contributed by atoms with E-state index in [2.05, 4.69) is 0 Å². The predicted molar refractivity (Wildman–Crippen MR) is 58.9 cm³/mol. The number of hydrogen-bond acceptors (Lipinski definition) is 2. The Kier molecular flexibility index (Phi) is 2.81. The van der Waals surface area contributed by atoms with Crippen LogP contribution in [-0.2, 0) is 0 Å². The molecule has 0 aliphatic carbocycles. The normalized spacial score (nSPS) is 14.6. The van der Waals surface area contributed by atoms with Crippen LogP contribution in [0.15, 0.2) is 36.5 Å². The van der Waals surface area contributed by atoms with Crippen molar-refractivity contribution >= 4 is 11.6 Å². The highest BCUT2D eigenvalue weighted by atomic mass is 19.1. The van der Waals surface area contributed by atoms with Gasteiger partial charge in [0.05, 0.1) is 6.54 Å². The first-order valence-corrected chi connectivity index (χ1v) is 4.96. The third-order valence-corrected chi connectivity index (χ3v) is 2.42. The molecule has 4 heteroatoms. The maximum Gasteiger partial charge on any atom is 0.182 e. The van der Waals surface area contributed by atoms with Gasteiger partial charge in [-0.05, 0) is 24.3 Å². The third-order valence-electron chi connectivity index (χ3n) is 2.42. The van der Waals surface area contributed by atoms with Crippen LogP contribution in [-0.4, -0.2) is 23.1 Å². The maximum absolute atomic E-state index is 12.7.